The molecule has 4 nitrogen and oxygen atoms in total. The summed E-state index contributed by atoms with van der Waals surface area (Å²) < 4.78 is 12.9. The summed E-state index contributed by atoms with van der Waals surface area (Å²) in [4.78, 5) is 15.9. The Morgan fingerprint density at radius 1 is 1.04 bits per heavy atom. The summed E-state index contributed by atoms with van der Waals surface area (Å²) in [7, 11) is 2.13. The molecule has 2 aromatic carbocycles. The van der Waals surface area contributed by atoms with E-state index in [0.29, 0.717) is 11.1 Å². The first-order valence-electron chi connectivity index (χ1n) is 9.58. The van der Waals surface area contributed by atoms with Gasteiger partial charge in [0, 0.05) is 34.1 Å². The molecule has 0 atom stereocenters. The molecule has 5 rings (SSSR count). The largest absolute Gasteiger partial charge is 0.490 e. The monoisotopic (exact) mass is 391 g/mol. The van der Waals surface area contributed by atoms with Crippen LogP contribution >= 0.6 is 11.3 Å². The van der Waals surface area contributed by atoms with Crippen molar-refractivity contribution in [1.29, 1.82) is 0 Å². The Bertz CT molecular complexity index is 1170. The van der Waals surface area contributed by atoms with Crippen LogP contribution in [0.25, 0.3) is 31.5 Å². The topological polar surface area (TPSA) is 42.7 Å². The first-order chi connectivity index (χ1) is 13.7. The van der Waals surface area contributed by atoms with Crippen LogP contribution in [0.3, 0.4) is 0 Å². The highest BCUT2D eigenvalue weighted by Gasteiger charge is 2.18. The standard InChI is InChI=1S/C23H21NO3S/c1-24-10-8-17(9-11-24)26-18-7-6-15-12-19(23(25)27-20(15)14-18)22-13-16-4-2-3-5-21(16)28-22/h2-7,12-14,17H,8-11H2,1H3. The lowest BCUT2D eigenvalue weighted by Gasteiger charge is -2.29. The maximum absolute atomic E-state index is 12.6. The second kappa shape index (κ2) is 7.08. The molecule has 4 aromatic rings. The van der Waals surface area contributed by atoms with E-state index in [1.165, 1.54) is 4.70 Å². The molecule has 0 aliphatic carbocycles. The lowest BCUT2D eigenvalue weighted by molar-refractivity contribution is 0.114. The van der Waals surface area contributed by atoms with E-state index in [4.69, 9.17) is 9.15 Å². The molecule has 1 saturated heterocycles. The predicted octanol–water partition coefficient (Wildman–Crippen LogP) is 5.15. The number of fused-ring (bicyclic) bond motifs is 2. The maximum atomic E-state index is 12.6. The van der Waals surface area contributed by atoms with Crippen molar-refractivity contribution >= 4 is 32.4 Å². The number of thiophene rings is 1. The number of likely N-dealkylation sites (tertiary alicyclic amines) is 1. The number of rotatable bonds is 3. The Morgan fingerprint density at radius 3 is 2.68 bits per heavy atom. The molecule has 5 heteroatoms. The Labute approximate surface area is 167 Å². The quantitative estimate of drug-likeness (QED) is 0.453. The summed E-state index contributed by atoms with van der Waals surface area (Å²) in [5.41, 5.74) is 0.869. The molecular weight excluding hydrogens is 370 g/mol. The van der Waals surface area contributed by atoms with Crippen molar-refractivity contribution < 1.29 is 9.15 Å². The van der Waals surface area contributed by atoms with E-state index < -0.39 is 0 Å². The van der Waals surface area contributed by atoms with Crippen LogP contribution in [-0.2, 0) is 0 Å². The fourth-order valence-electron chi connectivity index (χ4n) is 3.75. The van der Waals surface area contributed by atoms with Crippen LogP contribution < -0.4 is 10.4 Å². The number of benzene rings is 2. The van der Waals surface area contributed by atoms with E-state index in [1.807, 2.05) is 36.4 Å². The van der Waals surface area contributed by atoms with Crippen molar-refractivity contribution in [1.82, 2.24) is 4.90 Å². The molecule has 142 valence electrons. The average molecular weight is 391 g/mol. The van der Waals surface area contributed by atoms with Crippen molar-refractivity contribution in [2.24, 2.45) is 0 Å². The summed E-state index contributed by atoms with van der Waals surface area (Å²) >= 11 is 1.61. The summed E-state index contributed by atoms with van der Waals surface area (Å²) in [6, 6.07) is 17.9. The molecule has 2 aromatic heterocycles. The molecule has 0 saturated carbocycles. The minimum atomic E-state index is -0.310. The van der Waals surface area contributed by atoms with E-state index in [9.17, 15) is 4.79 Å². The van der Waals surface area contributed by atoms with Gasteiger partial charge < -0.3 is 14.1 Å². The predicted molar refractivity (Wildman–Crippen MR) is 114 cm³/mol. The second-order valence-corrected chi connectivity index (χ2v) is 8.50. The van der Waals surface area contributed by atoms with E-state index in [1.54, 1.807) is 11.3 Å². The second-order valence-electron chi connectivity index (χ2n) is 7.42. The molecular formula is C23H21NO3S. The summed E-state index contributed by atoms with van der Waals surface area (Å²) in [5, 5.41) is 2.05. The molecule has 1 aliphatic rings. The number of ether oxygens (including phenoxy) is 1. The van der Waals surface area contributed by atoms with Gasteiger partial charge in [-0.1, -0.05) is 18.2 Å². The van der Waals surface area contributed by atoms with Crippen LogP contribution in [0.5, 0.6) is 5.75 Å². The van der Waals surface area contributed by atoms with Gasteiger partial charge in [0.05, 0.1) is 5.56 Å². The molecule has 0 amide bonds. The van der Waals surface area contributed by atoms with Crippen LogP contribution in [-0.4, -0.2) is 31.1 Å². The molecule has 3 heterocycles. The SMILES string of the molecule is CN1CCC(Oc2ccc3cc(-c4cc5ccccc5s4)c(=O)oc3c2)CC1. The lowest BCUT2D eigenvalue weighted by atomic mass is 10.1. The minimum absolute atomic E-state index is 0.221. The zero-order valence-electron chi connectivity index (χ0n) is 15.7. The number of hydrogen-bond donors (Lipinski definition) is 0. The van der Waals surface area contributed by atoms with Crippen LogP contribution in [0.1, 0.15) is 12.8 Å². The van der Waals surface area contributed by atoms with Gasteiger partial charge in [-0.2, -0.15) is 0 Å². The van der Waals surface area contributed by atoms with Crippen molar-refractivity contribution in [2.75, 3.05) is 20.1 Å². The van der Waals surface area contributed by atoms with Crippen molar-refractivity contribution in [3.05, 3.63) is 65.0 Å². The van der Waals surface area contributed by atoms with Gasteiger partial charge >= 0.3 is 5.63 Å². The maximum Gasteiger partial charge on any atom is 0.345 e. The summed E-state index contributed by atoms with van der Waals surface area (Å²) in [6.07, 6.45) is 2.25. The fraction of sp³-hybridized carbons (Fsp3) is 0.261. The molecule has 0 radical (unpaired) electrons. The van der Waals surface area contributed by atoms with Gasteiger partial charge in [-0.3, -0.25) is 0 Å². The molecule has 28 heavy (non-hydrogen) atoms. The van der Waals surface area contributed by atoms with E-state index in [2.05, 4.69) is 30.1 Å². The first-order valence-corrected chi connectivity index (χ1v) is 10.4. The Balaban J connectivity index is 1.47. The number of hydrogen-bond acceptors (Lipinski definition) is 5. The average Bonchev–Trinajstić information content (AvgIpc) is 3.13. The molecule has 0 spiro atoms. The zero-order chi connectivity index (χ0) is 19.1. The molecule has 0 bridgehead atoms. The molecule has 1 fully saturated rings. The number of piperidine rings is 1. The van der Waals surface area contributed by atoms with E-state index >= 15 is 0 Å². The third-order valence-electron chi connectivity index (χ3n) is 5.37. The van der Waals surface area contributed by atoms with E-state index in [-0.39, 0.29) is 11.7 Å². The normalized spacial score (nSPS) is 16.0. The summed E-state index contributed by atoms with van der Waals surface area (Å²) in [5.74, 6) is 0.764. The van der Waals surface area contributed by atoms with Gasteiger partial charge in [-0.15, -0.1) is 11.3 Å². The number of nitrogens with zero attached hydrogens (tertiary/aromatic N) is 1. The van der Waals surface area contributed by atoms with Gasteiger partial charge in [-0.05, 0) is 55.6 Å². The first kappa shape index (κ1) is 17.5. The Morgan fingerprint density at radius 2 is 1.86 bits per heavy atom. The minimum Gasteiger partial charge on any atom is -0.490 e. The van der Waals surface area contributed by atoms with Gasteiger partial charge in [-0.25, -0.2) is 4.79 Å². The zero-order valence-corrected chi connectivity index (χ0v) is 16.5. The van der Waals surface area contributed by atoms with Crippen molar-refractivity contribution in [2.45, 2.75) is 18.9 Å². The van der Waals surface area contributed by atoms with Crippen LogP contribution in [0.2, 0.25) is 0 Å². The molecule has 0 N–H and O–H groups in total. The Hall–Kier alpha value is -2.63. The van der Waals surface area contributed by atoms with Crippen LogP contribution in [0.4, 0.5) is 0 Å². The van der Waals surface area contributed by atoms with Gasteiger partial charge in [0.15, 0.2) is 0 Å². The third-order valence-corrected chi connectivity index (χ3v) is 6.52. The molecule has 0 unspecified atom stereocenters. The van der Waals surface area contributed by atoms with Gasteiger partial charge in [0.25, 0.3) is 0 Å². The van der Waals surface area contributed by atoms with Gasteiger partial charge in [0.1, 0.15) is 17.4 Å². The van der Waals surface area contributed by atoms with Crippen LogP contribution in [0, 0.1) is 0 Å². The fourth-order valence-corrected chi connectivity index (χ4v) is 4.81. The van der Waals surface area contributed by atoms with Crippen LogP contribution in [0.15, 0.2) is 63.8 Å². The Kier molecular flexibility index (Phi) is 4.41. The van der Waals surface area contributed by atoms with Crippen molar-refractivity contribution in [3.63, 3.8) is 0 Å². The highest BCUT2D eigenvalue weighted by Crippen LogP contribution is 2.33. The highest BCUT2D eigenvalue weighted by molar-refractivity contribution is 7.22. The van der Waals surface area contributed by atoms with Crippen molar-refractivity contribution in [3.8, 4) is 16.2 Å². The highest BCUT2D eigenvalue weighted by atomic mass is 32.1. The smallest absolute Gasteiger partial charge is 0.345 e. The van der Waals surface area contributed by atoms with Gasteiger partial charge in [0.2, 0.25) is 0 Å². The molecule has 1 aliphatic heterocycles. The lowest BCUT2D eigenvalue weighted by Crippen LogP contribution is -2.35. The third kappa shape index (κ3) is 3.32. The van der Waals surface area contributed by atoms with E-state index in [0.717, 1.165) is 47.3 Å². The summed E-state index contributed by atoms with van der Waals surface area (Å²) in [6.45, 7) is 2.09.